The van der Waals surface area contributed by atoms with Crippen molar-refractivity contribution in [2.24, 2.45) is 0 Å². The summed E-state index contributed by atoms with van der Waals surface area (Å²) >= 11 is 1.66. The van der Waals surface area contributed by atoms with E-state index in [-0.39, 0.29) is 0 Å². The van der Waals surface area contributed by atoms with Crippen LogP contribution in [0, 0.1) is 0 Å². The van der Waals surface area contributed by atoms with Gasteiger partial charge in [-0.05, 0) is 70.8 Å². The van der Waals surface area contributed by atoms with Crippen molar-refractivity contribution in [1.29, 1.82) is 0 Å². The van der Waals surface area contributed by atoms with Gasteiger partial charge in [0.05, 0.1) is 28.5 Å². The second-order valence-corrected chi connectivity index (χ2v) is 15.4. The SMILES string of the molecule is C1=Cc2nc1c(-c1ccccc1)c1ccc([nH]1)c(-c1ccccc1)c1nc(c(-c3ccc(-c4nc(-c5ccccc5)cs4)cc3)c3ccc([nH]3)c2-c2ccccc2)C=C1. The standard InChI is InChI=1S/C53H35N5S/c1-5-13-34(14-6-1)48-33-59-53(58-48)39-23-21-38(22-24-39)52-46-31-29-44(56-46)50(36-17-9-3-10-18-36)42-27-25-40(54-42)49(35-15-7-2-8-16-35)41-26-28-43(55-41)51(37-19-11-4-12-20-37)45-30-32-47(52)57-45/h1-33,54,57H. The molecule has 0 radical (unpaired) electrons. The molecule has 5 nitrogen and oxygen atoms in total. The lowest BCUT2D eigenvalue weighted by atomic mass is 10.0. The third-order valence-corrected chi connectivity index (χ3v) is 11.8. The maximum absolute atomic E-state index is 5.46. The van der Waals surface area contributed by atoms with Gasteiger partial charge in [0.15, 0.2) is 0 Å². The molecule has 0 atom stereocenters. The van der Waals surface area contributed by atoms with E-state index in [2.05, 4.69) is 203 Å². The molecule has 0 spiro atoms. The van der Waals surface area contributed by atoms with Crippen LogP contribution in [0.4, 0.5) is 0 Å². The first-order chi connectivity index (χ1) is 29.2. The van der Waals surface area contributed by atoms with Gasteiger partial charge in [-0.3, -0.25) is 0 Å². The van der Waals surface area contributed by atoms with E-state index in [1.54, 1.807) is 11.3 Å². The van der Waals surface area contributed by atoms with Gasteiger partial charge >= 0.3 is 0 Å². The molecule has 0 saturated carbocycles. The van der Waals surface area contributed by atoms with Crippen molar-refractivity contribution in [2.75, 3.05) is 0 Å². The Morgan fingerprint density at radius 2 is 0.627 bits per heavy atom. The van der Waals surface area contributed by atoms with Crippen LogP contribution in [0.25, 0.3) is 113 Å². The lowest BCUT2D eigenvalue weighted by Crippen LogP contribution is -1.89. The molecule has 4 aromatic heterocycles. The average Bonchev–Trinajstić information content (AvgIpc) is 4.16. The summed E-state index contributed by atoms with van der Waals surface area (Å²) in [4.78, 5) is 23.6. The number of benzene rings is 5. The van der Waals surface area contributed by atoms with Gasteiger partial charge in [-0.15, -0.1) is 11.3 Å². The van der Waals surface area contributed by atoms with E-state index < -0.39 is 0 Å². The Morgan fingerprint density at radius 3 is 1.00 bits per heavy atom. The maximum atomic E-state index is 5.46. The van der Waals surface area contributed by atoms with Gasteiger partial charge in [-0.2, -0.15) is 0 Å². The van der Waals surface area contributed by atoms with Gasteiger partial charge in [0.25, 0.3) is 0 Å². The number of fused-ring (bicyclic) bond motifs is 8. The summed E-state index contributed by atoms with van der Waals surface area (Å²) < 4.78 is 0. The van der Waals surface area contributed by atoms with E-state index in [0.29, 0.717) is 0 Å². The number of aromatic amines is 2. The zero-order valence-corrected chi connectivity index (χ0v) is 32.6. The van der Waals surface area contributed by atoms with Crippen LogP contribution in [-0.2, 0) is 0 Å². The molecule has 9 aromatic rings. The molecular weight excluding hydrogens is 739 g/mol. The quantitative estimate of drug-likeness (QED) is 0.177. The zero-order chi connectivity index (χ0) is 39.1. The molecule has 5 aromatic carbocycles. The second kappa shape index (κ2) is 14.7. The zero-order valence-electron chi connectivity index (χ0n) is 31.8. The fourth-order valence-corrected chi connectivity index (χ4v) is 9.00. The summed E-state index contributed by atoms with van der Waals surface area (Å²) in [6, 6.07) is 59.3. The second-order valence-electron chi connectivity index (χ2n) is 14.6. The average molecular weight is 774 g/mol. The number of rotatable bonds is 6. The van der Waals surface area contributed by atoms with E-state index in [1.807, 2.05) is 6.07 Å². The van der Waals surface area contributed by atoms with Crippen molar-refractivity contribution in [1.82, 2.24) is 24.9 Å². The number of thiazole rings is 1. The highest BCUT2D eigenvalue weighted by atomic mass is 32.1. The molecule has 0 unspecified atom stereocenters. The summed E-state index contributed by atoms with van der Waals surface area (Å²) in [6.07, 6.45) is 8.56. The molecule has 6 heterocycles. The van der Waals surface area contributed by atoms with E-state index >= 15 is 0 Å². The molecular formula is C53H35N5S. The number of nitrogens with one attached hydrogen (secondary N) is 2. The van der Waals surface area contributed by atoms with Gasteiger partial charge in [-0.1, -0.05) is 146 Å². The van der Waals surface area contributed by atoms with Crippen LogP contribution < -0.4 is 0 Å². The molecule has 6 heteroatoms. The summed E-state index contributed by atoms with van der Waals surface area (Å²) in [6.45, 7) is 0. The van der Waals surface area contributed by atoms with Gasteiger partial charge in [-0.25, -0.2) is 15.0 Å². The third-order valence-electron chi connectivity index (χ3n) is 10.9. The molecule has 8 bridgehead atoms. The number of hydrogen-bond acceptors (Lipinski definition) is 4. The topological polar surface area (TPSA) is 70.2 Å². The molecule has 0 saturated heterocycles. The molecule has 0 fully saturated rings. The van der Waals surface area contributed by atoms with Gasteiger partial charge in [0.2, 0.25) is 0 Å². The van der Waals surface area contributed by atoms with Gasteiger partial charge in [0, 0.05) is 60.8 Å². The van der Waals surface area contributed by atoms with Crippen molar-refractivity contribution in [3.8, 4) is 66.3 Å². The highest BCUT2D eigenvalue weighted by Crippen LogP contribution is 2.39. The molecule has 11 rings (SSSR count). The first-order valence-corrected chi connectivity index (χ1v) is 20.6. The van der Waals surface area contributed by atoms with Crippen molar-refractivity contribution in [3.63, 3.8) is 0 Å². The molecule has 0 aliphatic carbocycles. The number of aromatic nitrogens is 5. The Kier molecular flexibility index (Phi) is 8.60. The Morgan fingerprint density at radius 1 is 0.305 bits per heavy atom. The van der Waals surface area contributed by atoms with E-state index in [4.69, 9.17) is 15.0 Å². The van der Waals surface area contributed by atoms with Gasteiger partial charge in [0.1, 0.15) is 5.01 Å². The highest BCUT2D eigenvalue weighted by molar-refractivity contribution is 7.13. The fraction of sp³-hybridized carbons (Fsp3) is 0. The van der Waals surface area contributed by atoms with E-state index in [1.165, 1.54) is 0 Å². The molecule has 2 aliphatic heterocycles. The Balaban J connectivity index is 1.20. The molecule has 2 aliphatic rings. The first kappa shape index (κ1) is 34.6. The van der Waals surface area contributed by atoms with Crippen LogP contribution in [0.5, 0.6) is 0 Å². The predicted molar refractivity (Wildman–Crippen MR) is 247 cm³/mol. The maximum Gasteiger partial charge on any atom is 0.124 e. The minimum Gasteiger partial charge on any atom is -0.354 e. The minimum absolute atomic E-state index is 0.876. The van der Waals surface area contributed by atoms with Crippen molar-refractivity contribution in [3.05, 3.63) is 198 Å². The first-order valence-electron chi connectivity index (χ1n) is 19.7. The van der Waals surface area contributed by atoms with Crippen molar-refractivity contribution >= 4 is 57.7 Å². The molecule has 2 N–H and O–H groups in total. The normalized spacial score (nSPS) is 11.9. The molecule has 0 amide bonds. The molecule has 278 valence electrons. The minimum atomic E-state index is 0.876. The largest absolute Gasteiger partial charge is 0.354 e. The van der Waals surface area contributed by atoms with Crippen LogP contribution >= 0.6 is 11.3 Å². The van der Waals surface area contributed by atoms with Crippen LogP contribution in [0.3, 0.4) is 0 Å². The fourth-order valence-electron chi connectivity index (χ4n) is 8.16. The lowest BCUT2D eigenvalue weighted by Gasteiger charge is -2.07. The van der Waals surface area contributed by atoms with Crippen LogP contribution in [0.15, 0.2) is 175 Å². The van der Waals surface area contributed by atoms with Crippen LogP contribution in [0.1, 0.15) is 22.8 Å². The summed E-state index contributed by atoms with van der Waals surface area (Å²) in [7, 11) is 0. The highest BCUT2D eigenvalue weighted by Gasteiger charge is 2.19. The number of H-pyrrole nitrogens is 2. The summed E-state index contributed by atoms with van der Waals surface area (Å²) in [5.41, 5.74) is 19.0. The summed E-state index contributed by atoms with van der Waals surface area (Å²) in [5, 5.41) is 3.11. The lowest BCUT2D eigenvalue weighted by molar-refractivity contribution is 1.31. The van der Waals surface area contributed by atoms with Crippen molar-refractivity contribution in [2.45, 2.75) is 0 Å². The van der Waals surface area contributed by atoms with Crippen LogP contribution in [-0.4, -0.2) is 24.9 Å². The van der Waals surface area contributed by atoms with Gasteiger partial charge < -0.3 is 9.97 Å². The Bertz CT molecular complexity index is 3190. The van der Waals surface area contributed by atoms with Crippen molar-refractivity contribution < 1.29 is 0 Å². The number of nitrogens with zero attached hydrogens (tertiary/aromatic N) is 3. The monoisotopic (exact) mass is 773 g/mol. The number of hydrogen-bond donors (Lipinski definition) is 2. The Hall–Kier alpha value is -7.67. The smallest absolute Gasteiger partial charge is 0.124 e. The van der Waals surface area contributed by atoms with Crippen LogP contribution in [0.2, 0.25) is 0 Å². The third kappa shape index (κ3) is 6.42. The Labute approximate surface area is 345 Å². The predicted octanol–water partition coefficient (Wildman–Crippen LogP) is 14.1. The summed E-state index contributed by atoms with van der Waals surface area (Å²) in [5.74, 6) is 0. The van der Waals surface area contributed by atoms with E-state index in [9.17, 15) is 0 Å². The van der Waals surface area contributed by atoms with E-state index in [0.717, 1.165) is 111 Å². The molecule has 59 heavy (non-hydrogen) atoms.